The zero-order chi connectivity index (χ0) is 18.1. The molecule has 2 atom stereocenters. The van der Waals surface area contributed by atoms with Crippen LogP contribution in [0.15, 0.2) is 29.1 Å². The number of nitrogens with zero attached hydrogens (tertiary/aromatic N) is 2. The minimum atomic E-state index is -0.523. The van der Waals surface area contributed by atoms with Gasteiger partial charge < -0.3 is 15.6 Å². The number of aromatic nitrogens is 1. The Morgan fingerprint density at radius 2 is 2.16 bits per heavy atom. The van der Waals surface area contributed by atoms with Gasteiger partial charge >= 0.3 is 0 Å². The number of likely N-dealkylation sites (tertiary alicyclic amines) is 1. The summed E-state index contributed by atoms with van der Waals surface area (Å²) in [6, 6.07) is 4.99. The van der Waals surface area contributed by atoms with Gasteiger partial charge in [0.05, 0.1) is 10.5 Å². The van der Waals surface area contributed by atoms with E-state index >= 15 is 0 Å². The number of hydrogen-bond acceptors (Lipinski definition) is 5. The molecule has 0 spiro atoms. The van der Waals surface area contributed by atoms with E-state index < -0.39 is 10.5 Å². The number of amides is 1. The number of carbonyl (C=O) groups excluding carboxylic acids is 1. The Bertz CT molecular complexity index is 890. The van der Waals surface area contributed by atoms with Crippen molar-refractivity contribution in [2.75, 3.05) is 6.54 Å². The van der Waals surface area contributed by atoms with Crippen LogP contribution in [0.5, 0.6) is 0 Å². The third kappa shape index (κ3) is 3.25. The van der Waals surface area contributed by atoms with Gasteiger partial charge in [0.1, 0.15) is 0 Å². The minimum absolute atomic E-state index is 0.103. The summed E-state index contributed by atoms with van der Waals surface area (Å²) in [6.07, 6.45) is 2.68. The van der Waals surface area contributed by atoms with Gasteiger partial charge in [0.15, 0.2) is 0 Å². The predicted molar refractivity (Wildman–Crippen MR) is 93.5 cm³/mol. The normalized spacial score (nSPS) is 19.0. The Morgan fingerprint density at radius 3 is 2.84 bits per heavy atom. The Hall–Kier alpha value is -2.74. The largest absolute Gasteiger partial charge is 0.334 e. The second-order valence-electron chi connectivity index (χ2n) is 6.46. The molecule has 1 saturated heterocycles. The molecule has 1 aromatic carbocycles. The molecule has 2 heterocycles. The van der Waals surface area contributed by atoms with Crippen molar-refractivity contribution in [1.82, 2.24) is 9.88 Å². The highest BCUT2D eigenvalue weighted by molar-refractivity contribution is 6.06. The molecule has 25 heavy (non-hydrogen) atoms. The van der Waals surface area contributed by atoms with Gasteiger partial charge in [-0.25, -0.2) is 0 Å². The van der Waals surface area contributed by atoms with E-state index in [1.165, 1.54) is 24.3 Å². The number of hydrogen-bond donors (Lipinski definition) is 2. The highest BCUT2D eigenvalue weighted by Crippen LogP contribution is 2.26. The van der Waals surface area contributed by atoms with Gasteiger partial charge in [-0.15, -0.1) is 0 Å². The van der Waals surface area contributed by atoms with E-state index in [2.05, 4.69) is 4.98 Å². The number of carbonyl (C=O) groups is 1. The summed E-state index contributed by atoms with van der Waals surface area (Å²) in [7, 11) is 0. The molecule has 3 rings (SSSR count). The molecule has 0 radical (unpaired) electrons. The lowest BCUT2D eigenvalue weighted by Gasteiger charge is -2.38. The maximum absolute atomic E-state index is 13.1. The molecule has 2 aromatic rings. The van der Waals surface area contributed by atoms with Crippen LogP contribution in [0.4, 0.5) is 5.69 Å². The molecule has 8 nitrogen and oxygen atoms in total. The van der Waals surface area contributed by atoms with Crippen LogP contribution in [0.25, 0.3) is 10.9 Å². The summed E-state index contributed by atoms with van der Waals surface area (Å²) >= 11 is 0. The summed E-state index contributed by atoms with van der Waals surface area (Å²) in [5.41, 5.74) is 6.06. The van der Waals surface area contributed by atoms with Crippen LogP contribution < -0.4 is 11.3 Å². The maximum Gasteiger partial charge on any atom is 0.270 e. The molecule has 1 aliphatic rings. The predicted octanol–water partition coefficient (Wildman–Crippen LogP) is 1.78. The monoisotopic (exact) mass is 344 g/mol. The molecule has 0 saturated carbocycles. The van der Waals surface area contributed by atoms with Gasteiger partial charge in [0.2, 0.25) is 5.56 Å². The summed E-state index contributed by atoms with van der Waals surface area (Å²) in [5, 5.41) is 11.4. The fourth-order valence-electron chi connectivity index (χ4n) is 3.44. The Labute approximate surface area is 143 Å². The van der Waals surface area contributed by atoms with E-state index in [0.29, 0.717) is 17.4 Å². The van der Waals surface area contributed by atoms with Gasteiger partial charge in [-0.1, -0.05) is 0 Å². The molecule has 2 unspecified atom stereocenters. The van der Waals surface area contributed by atoms with Crippen LogP contribution >= 0.6 is 0 Å². The molecule has 1 aliphatic heterocycles. The quantitative estimate of drug-likeness (QED) is 0.649. The number of H-pyrrole nitrogens is 1. The van der Waals surface area contributed by atoms with E-state index in [4.69, 9.17) is 5.73 Å². The summed E-state index contributed by atoms with van der Waals surface area (Å²) in [4.78, 5) is 39.9. The lowest BCUT2D eigenvalue weighted by Crippen LogP contribution is -2.51. The van der Waals surface area contributed by atoms with Crippen molar-refractivity contribution >= 4 is 22.5 Å². The maximum atomic E-state index is 13.1. The lowest BCUT2D eigenvalue weighted by molar-refractivity contribution is -0.384. The van der Waals surface area contributed by atoms with Gasteiger partial charge in [-0.3, -0.25) is 19.7 Å². The molecule has 8 heteroatoms. The number of aromatic amines is 1. The second kappa shape index (κ2) is 6.64. The number of benzene rings is 1. The number of nitro benzene ring substituents is 1. The summed E-state index contributed by atoms with van der Waals surface area (Å²) in [5.74, 6) is -0.307. The molecular formula is C17H20N4O4. The molecule has 0 aliphatic carbocycles. The minimum Gasteiger partial charge on any atom is -0.334 e. The summed E-state index contributed by atoms with van der Waals surface area (Å²) in [6.45, 7) is 2.42. The number of pyridine rings is 1. The fraction of sp³-hybridized carbons (Fsp3) is 0.412. The van der Waals surface area contributed by atoms with Gasteiger partial charge in [-0.05, 0) is 32.3 Å². The molecule has 132 valence electrons. The first-order valence-electron chi connectivity index (χ1n) is 8.26. The fourth-order valence-corrected chi connectivity index (χ4v) is 3.44. The number of piperidine rings is 1. The Balaban J connectivity index is 2.12. The van der Waals surface area contributed by atoms with Gasteiger partial charge in [0, 0.05) is 47.7 Å². The van der Waals surface area contributed by atoms with E-state index in [9.17, 15) is 19.7 Å². The van der Waals surface area contributed by atoms with Crippen LogP contribution in [-0.2, 0) is 0 Å². The van der Waals surface area contributed by atoms with Gasteiger partial charge in [-0.2, -0.15) is 0 Å². The van der Waals surface area contributed by atoms with Crippen molar-refractivity contribution in [3.05, 3.63) is 50.3 Å². The van der Waals surface area contributed by atoms with E-state index in [1.54, 1.807) is 4.90 Å². The van der Waals surface area contributed by atoms with Crippen LogP contribution in [-0.4, -0.2) is 39.3 Å². The molecule has 1 fully saturated rings. The van der Waals surface area contributed by atoms with Crippen molar-refractivity contribution in [1.29, 1.82) is 0 Å². The Morgan fingerprint density at radius 1 is 1.40 bits per heavy atom. The molecule has 3 N–H and O–H groups in total. The molecular weight excluding hydrogens is 324 g/mol. The van der Waals surface area contributed by atoms with Crippen LogP contribution in [0.3, 0.4) is 0 Å². The topological polar surface area (TPSA) is 122 Å². The lowest BCUT2D eigenvalue weighted by atomic mass is 9.95. The van der Waals surface area contributed by atoms with Crippen LogP contribution in [0.2, 0.25) is 0 Å². The number of nitro groups is 1. The summed E-state index contributed by atoms with van der Waals surface area (Å²) < 4.78 is 0. The number of fused-ring (bicyclic) bond motifs is 1. The van der Waals surface area contributed by atoms with Crippen LogP contribution in [0.1, 0.15) is 36.5 Å². The number of rotatable bonds is 3. The molecule has 1 amide bonds. The second-order valence-corrected chi connectivity index (χ2v) is 6.46. The molecule has 0 bridgehead atoms. The van der Waals surface area contributed by atoms with Crippen molar-refractivity contribution < 1.29 is 9.72 Å². The number of nitrogens with two attached hydrogens (primary N) is 1. The van der Waals surface area contributed by atoms with E-state index in [0.717, 1.165) is 19.3 Å². The highest BCUT2D eigenvalue weighted by Gasteiger charge is 2.31. The van der Waals surface area contributed by atoms with Gasteiger partial charge in [0.25, 0.3) is 11.6 Å². The first-order chi connectivity index (χ1) is 11.9. The van der Waals surface area contributed by atoms with Crippen molar-refractivity contribution in [2.24, 2.45) is 5.73 Å². The number of non-ortho nitro benzene ring substituents is 1. The van der Waals surface area contributed by atoms with Crippen LogP contribution in [0, 0.1) is 10.1 Å². The average Bonchev–Trinajstić information content (AvgIpc) is 2.59. The zero-order valence-corrected chi connectivity index (χ0v) is 13.9. The SMILES string of the molecule is CC(N)C1CCCCN1C(=O)c1cc(=O)[nH]c2ccc([N+](=O)[O-])cc12. The Kier molecular flexibility index (Phi) is 4.54. The highest BCUT2D eigenvalue weighted by atomic mass is 16.6. The number of nitrogens with one attached hydrogen (secondary N) is 1. The molecule has 1 aromatic heterocycles. The van der Waals surface area contributed by atoms with E-state index in [-0.39, 0.29) is 29.2 Å². The first kappa shape index (κ1) is 17.1. The third-order valence-electron chi connectivity index (χ3n) is 4.68. The smallest absolute Gasteiger partial charge is 0.270 e. The average molecular weight is 344 g/mol. The first-order valence-corrected chi connectivity index (χ1v) is 8.26. The standard InChI is InChI=1S/C17H20N4O4/c1-10(18)15-4-2-3-7-20(15)17(23)13-9-16(22)19-14-6-5-11(21(24)25)8-12(13)14/h5-6,8-10,15H,2-4,7,18H2,1H3,(H,19,22). The van der Waals surface area contributed by atoms with Crippen molar-refractivity contribution in [2.45, 2.75) is 38.3 Å². The van der Waals surface area contributed by atoms with Crippen molar-refractivity contribution in [3.8, 4) is 0 Å². The zero-order valence-electron chi connectivity index (χ0n) is 13.9. The third-order valence-corrected chi connectivity index (χ3v) is 4.68. The van der Waals surface area contributed by atoms with Crippen molar-refractivity contribution in [3.63, 3.8) is 0 Å². The van der Waals surface area contributed by atoms with E-state index in [1.807, 2.05) is 6.92 Å².